The van der Waals surface area contributed by atoms with Crippen LogP contribution in [0, 0.1) is 11.8 Å². The zero-order chi connectivity index (χ0) is 12.0. The molecular formula is C13H26N2O. The molecule has 3 nitrogen and oxygen atoms in total. The van der Waals surface area contributed by atoms with Crippen molar-refractivity contribution in [3.8, 4) is 0 Å². The van der Waals surface area contributed by atoms with Gasteiger partial charge in [-0.15, -0.1) is 0 Å². The number of carbonyl (C=O) groups excluding carboxylic acids is 1. The van der Waals surface area contributed by atoms with Crippen LogP contribution < -0.4 is 5.32 Å². The quantitative estimate of drug-likeness (QED) is 0.726. The van der Waals surface area contributed by atoms with Crippen molar-refractivity contribution in [2.24, 2.45) is 11.8 Å². The van der Waals surface area contributed by atoms with E-state index >= 15 is 0 Å². The van der Waals surface area contributed by atoms with Gasteiger partial charge in [-0.2, -0.15) is 0 Å². The third-order valence-corrected chi connectivity index (χ3v) is 3.47. The monoisotopic (exact) mass is 226 g/mol. The minimum Gasteiger partial charge on any atom is -0.356 e. The zero-order valence-corrected chi connectivity index (χ0v) is 11.0. The van der Waals surface area contributed by atoms with Gasteiger partial charge in [-0.05, 0) is 58.7 Å². The van der Waals surface area contributed by atoms with Crippen molar-refractivity contribution in [3.05, 3.63) is 0 Å². The molecule has 16 heavy (non-hydrogen) atoms. The lowest BCUT2D eigenvalue weighted by molar-refractivity contribution is -0.126. The SMILES string of the molecule is CN(C)CCCNC(=O)[C@H]1CC[C@@H](C)CC1. The van der Waals surface area contributed by atoms with E-state index in [4.69, 9.17) is 0 Å². The van der Waals surface area contributed by atoms with Crippen LogP contribution >= 0.6 is 0 Å². The molecule has 0 aromatic heterocycles. The number of hydrogen-bond donors (Lipinski definition) is 1. The first kappa shape index (κ1) is 13.5. The first-order valence-corrected chi connectivity index (χ1v) is 6.52. The van der Waals surface area contributed by atoms with Crippen molar-refractivity contribution < 1.29 is 4.79 Å². The van der Waals surface area contributed by atoms with Crippen LogP contribution in [-0.4, -0.2) is 38.0 Å². The van der Waals surface area contributed by atoms with Gasteiger partial charge in [0.1, 0.15) is 0 Å². The molecule has 1 fully saturated rings. The van der Waals surface area contributed by atoms with Crippen LogP contribution in [0.15, 0.2) is 0 Å². The smallest absolute Gasteiger partial charge is 0.223 e. The largest absolute Gasteiger partial charge is 0.356 e. The first-order valence-electron chi connectivity index (χ1n) is 6.52. The molecule has 1 saturated carbocycles. The van der Waals surface area contributed by atoms with Gasteiger partial charge in [0.15, 0.2) is 0 Å². The van der Waals surface area contributed by atoms with Crippen molar-refractivity contribution in [2.45, 2.75) is 39.0 Å². The molecule has 0 atom stereocenters. The standard InChI is InChI=1S/C13H26N2O/c1-11-5-7-12(8-6-11)13(16)14-9-4-10-15(2)3/h11-12H,4-10H2,1-3H3,(H,14,16)/t11-,12+. The van der Waals surface area contributed by atoms with Gasteiger partial charge in [-0.1, -0.05) is 6.92 Å². The minimum atomic E-state index is 0.283. The van der Waals surface area contributed by atoms with Gasteiger partial charge in [0.2, 0.25) is 5.91 Å². The average molecular weight is 226 g/mol. The Morgan fingerprint density at radius 2 is 1.88 bits per heavy atom. The van der Waals surface area contributed by atoms with Crippen LogP contribution in [0.5, 0.6) is 0 Å². The summed E-state index contributed by atoms with van der Waals surface area (Å²) in [5, 5.41) is 3.06. The number of rotatable bonds is 5. The molecule has 1 aliphatic carbocycles. The molecule has 0 radical (unpaired) electrons. The second kappa shape index (κ2) is 6.89. The molecule has 3 heteroatoms. The molecule has 0 aromatic carbocycles. The molecule has 1 N–H and O–H groups in total. The lowest BCUT2D eigenvalue weighted by atomic mass is 9.82. The fourth-order valence-corrected chi connectivity index (χ4v) is 2.27. The van der Waals surface area contributed by atoms with Gasteiger partial charge in [-0.25, -0.2) is 0 Å². The molecule has 0 spiro atoms. The summed E-state index contributed by atoms with van der Waals surface area (Å²) in [6.45, 7) is 4.15. The Balaban J connectivity index is 2.10. The highest BCUT2D eigenvalue weighted by Crippen LogP contribution is 2.28. The fourth-order valence-electron chi connectivity index (χ4n) is 2.27. The van der Waals surface area contributed by atoms with E-state index < -0.39 is 0 Å². The van der Waals surface area contributed by atoms with E-state index in [1.54, 1.807) is 0 Å². The Labute approximate surface area is 99.6 Å². The zero-order valence-electron chi connectivity index (χ0n) is 11.0. The summed E-state index contributed by atoms with van der Waals surface area (Å²) in [4.78, 5) is 14.0. The highest BCUT2D eigenvalue weighted by molar-refractivity contribution is 5.78. The van der Waals surface area contributed by atoms with Crippen molar-refractivity contribution in [1.82, 2.24) is 10.2 Å². The molecular weight excluding hydrogens is 200 g/mol. The highest BCUT2D eigenvalue weighted by Gasteiger charge is 2.23. The van der Waals surface area contributed by atoms with Crippen LogP contribution in [0.25, 0.3) is 0 Å². The maximum Gasteiger partial charge on any atom is 0.223 e. The Morgan fingerprint density at radius 1 is 1.25 bits per heavy atom. The normalized spacial score (nSPS) is 25.8. The molecule has 1 rings (SSSR count). The predicted octanol–water partition coefficient (Wildman–Crippen LogP) is 1.88. The summed E-state index contributed by atoms with van der Waals surface area (Å²) in [6, 6.07) is 0. The van der Waals surface area contributed by atoms with Crippen LogP contribution in [0.1, 0.15) is 39.0 Å². The van der Waals surface area contributed by atoms with Crippen molar-refractivity contribution in [2.75, 3.05) is 27.2 Å². The van der Waals surface area contributed by atoms with Gasteiger partial charge >= 0.3 is 0 Å². The van der Waals surface area contributed by atoms with Gasteiger partial charge < -0.3 is 10.2 Å². The van der Waals surface area contributed by atoms with Gasteiger partial charge in [0.05, 0.1) is 0 Å². The lowest BCUT2D eigenvalue weighted by Gasteiger charge is -2.25. The molecule has 0 unspecified atom stereocenters. The van der Waals surface area contributed by atoms with E-state index in [1.807, 2.05) is 0 Å². The molecule has 0 heterocycles. The van der Waals surface area contributed by atoms with E-state index in [2.05, 4.69) is 31.2 Å². The number of nitrogens with one attached hydrogen (secondary N) is 1. The third kappa shape index (κ3) is 4.97. The van der Waals surface area contributed by atoms with Crippen LogP contribution in [0.3, 0.4) is 0 Å². The molecule has 0 aliphatic heterocycles. The van der Waals surface area contributed by atoms with Crippen LogP contribution in [0.4, 0.5) is 0 Å². The number of hydrogen-bond acceptors (Lipinski definition) is 2. The van der Waals surface area contributed by atoms with Crippen LogP contribution in [0.2, 0.25) is 0 Å². The molecule has 0 aromatic rings. The fraction of sp³-hybridized carbons (Fsp3) is 0.923. The van der Waals surface area contributed by atoms with Gasteiger partial charge in [0.25, 0.3) is 0 Å². The molecule has 0 bridgehead atoms. The van der Waals surface area contributed by atoms with Crippen molar-refractivity contribution in [1.29, 1.82) is 0 Å². The lowest BCUT2D eigenvalue weighted by Crippen LogP contribution is -2.34. The van der Waals surface area contributed by atoms with E-state index in [1.165, 1.54) is 12.8 Å². The summed E-state index contributed by atoms with van der Waals surface area (Å²) in [7, 11) is 4.12. The van der Waals surface area contributed by atoms with Crippen LogP contribution in [-0.2, 0) is 4.79 Å². The maximum atomic E-state index is 11.8. The van der Waals surface area contributed by atoms with E-state index in [0.29, 0.717) is 0 Å². The van der Waals surface area contributed by atoms with Gasteiger partial charge in [-0.3, -0.25) is 4.79 Å². The molecule has 94 valence electrons. The molecule has 1 amide bonds. The first-order chi connectivity index (χ1) is 7.59. The second-order valence-electron chi connectivity index (χ2n) is 5.40. The topological polar surface area (TPSA) is 32.3 Å². The Morgan fingerprint density at radius 3 is 2.44 bits per heavy atom. The summed E-state index contributed by atoms with van der Waals surface area (Å²) in [5.41, 5.74) is 0. The van der Waals surface area contributed by atoms with Crippen molar-refractivity contribution >= 4 is 5.91 Å². The molecule has 0 saturated heterocycles. The van der Waals surface area contributed by atoms with E-state index in [-0.39, 0.29) is 11.8 Å². The number of nitrogens with zero attached hydrogens (tertiary/aromatic N) is 1. The predicted molar refractivity (Wildman–Crippen MR) is 67.3 cm³/mol. The minimum absolute atomic E-state index is 0.283. The number of amides is 1. The highest BCUT2D eigenvalue weighted by atomic mass is 16.1. The third-order valence-electron chi connectivity index (χ3n) is 3.47. The summed E-state index contributed by atoms with van der Waals surface area (Å²) in [5.74, 6) is 1.39. The summed E-state index contributed by atoms with van der Waals surface area (Å²) >= 11 is 0. The number of carbonyl (C=O) groups is 1. The average Bonchev–Trinajstić information content (AvgIpc) is 2.25. The summed E-state index contributed by atoms with van der Waals surface area (Å²) in [6.07, 6.45) is 5.65. The Hall–Kier alpha value is -0.570. The van der Waals surface area contributed by atoms with E-state index in [0.717, 1.165) is 38.3 Å². The van der Waals surface area contributed by atoms with Gasteiger partial charge in [0, 0.05) is 12.5 Å². The molecule has 1 aliphatic rings. The maximum absolute atomic E-state index is 11.8. The van der Waals surface area contributed by atoms with E-state index in [9.17, 15) is 4.79 Å². The Bertz CT molecular complexity index is 208. The Kier molecular flexibility index (Phi) is 5.81. The van der Waals surface area contributed by atoms with Crippen molar-refractivity contribution in [3.63, 3.8) is 0 Å². The summed E-state index contributed by atoms with van der Waals surface area (Å²) < 4.78 is 0. The second-order valence-corrected chi connectivity index (χ2v) is 5.40.